The summed E-state index contributed by atoms with van der Waals surface area (Å²) >= 11 is 1.60. The molecule has 2 atom stereocenters. The first-order chi connectivity index (χ1) is 7.28. The third kappa shape index (κ3) is 2.86. The van der Waals surface area contributed by atoms with Crippen LogP contribution in [0.4, 0.5) is 0 Å². The summed E-state index contributed by atoms with van der Waals surface area (Å²) in [6, 6.07) is 3.81. The first kappa shape index (κ1) is 10.8. The number of aliphatic hydroxyl groups is 1. The summed E-state index contributed by atoms with van der Waals surface area (Å²) < 4.78 is 5.77. The SMILES string of the molecule is CSc1cc(OC2CCC(O)C2)ccn1. The summed E-state index contributed by atoms with van der Waals surface area (Å²) in [5.41, 5.74) is 0. The van der Waals surface area contributed by atoms with E-state index in [0.717, 1.165) is 30.0 Å². The molecule has 82 valence electrons. The zero-order valence-electron chi connectivity index (χ0n) is 8.72. The molecule has 0 saturated heterocycles. The zero-order chi connectivity index (χ0) is 10.7. The molecular weight excluding hydrogens is 210 g/mol. The number of rotatable bonds is 3. The molecule has 1 heterocycles. The van der Waals surface area contributed by atoms with Gasteiger partial charge in [-0.25, -0.2) is 4.98 Å². The van der Waals surface area contributed by atoms with E-state index in [4.69, 9.17) is 4.74 Å². The van der Waals surface area contributed by atoms with E-state index < -0.39 is 0 Å². The Morgan fingerprint density at radius 2 is 2.40 bits per heavy atom. The molecule has 2 unspecified atom stereocenters. The van der Waals surface area contributed by atoms with Crippen LogP contribution < -0.4 is 4.74 Å². The van der Waals surface area contributed by atoms with Crippen molar-refractivity contribution in [2.24, 2.45) is 0 Å². The lowest BCUT2D eigenvalue weighted by atomic mass is 10.3. The zero-order valence-corrected chi connectivity index (χ0v) is 9.54. The van der Waals surface area contributed by atoms with Gasteiger partial charge in [-0.3, -0.25) is 0 Å². The van der Waals surface area contributed by atoms with Gasteiger partial charge in [-0.05, 0) is 25.2 Å². The summed E-state index contributed by atoms with van der Waals surface area (Å²) in [4.78, 5) is 4.18. The molecule has 1 aliphatic carbocycles. The summed E-state index contributed by atoms with van der Waals surface area (Å²) in [6.07, 6.45) is 6.27. The van der Waals surface area contributed by atoms with Gasteiger partial charge in [-0.1, -0.05) is 0 Å². The highest BCUT2D eigenvalue weighted by molar-refractivity contribution is 7.98. The minimum Gasteiger partial charge on any atom is -0.490 e. The monoisotopic (exact) mass is 225 g/mol. The summed E-state index contributed by atoms with van der Waals surface area (Å²) in [7, 11) is 0. The fourth-order valence-electron chi connectivity index (χ4n) is 1.79. The molecule has 3 nitrogen and oxygen atoms in total. The first-order valence-electron chi connectivity index (χ1n) is 5.12. The van der Waals surface area contributed by atoms with Crippen molar-refractivity contribution in [2.45, 2.75) is 36.5 Å². The second-order valence-electron chi connectivity index (χ2n) is 3.74. The van der Waals surface area contributed by atoms with Gasteiger partial charge in [-0.15, -0.1) is 11.8 Å². The van der Waals surface area contributed by atoms with Crippen molar-refractivity contribution in [3.05, 3.63) is 18.3 Å². The van der Waals surface area contributed by atoms with Crippen molar-refractivity contribution in [1.82, 2.24) is 4.98 Å². The lowest BCUT2D eigenvalue weighted by molar-refractivity contribution is 0.149. The van der Waals surface area contributed by atoms with Crippen molar-refractivity contribution in [2.75, 3.05) is 6.26 Å². The first-order valence-corrected chi connectivity index (χ1v) is 6.35. The number of hydrogen-bond acceptors (Lipinski definition) is 4. The topological polar surface area (TPSA) is 42.4 Å². The molecule has 1 fully saturated rings. The van der Waals surface area contributed by atoms with Crippen LogP contribution in [0.2, 0.25) is 0 Å². The van der Waals surface area contributed by atoms with Crippen molar-refractivity contribution in [3.63, 3.8) is 0 Å². The number of thioether (sulfide) groups is 1. The van der Waals surface area contributed by atoms with Gasteiger partial charge in [0.1, 0.15) is 11.9 Å². The van der Waals surface area contributed by atoms with E-state index in [2.05, 4.69) is 4.98 Å². The molecule has 1 saturated carbocycles. The minimum absolute atomic E-state index is 0.164. The molecule has 0 bridgehead atoms. The predicted molar refractivity (Wildman–Crippen MR) is 60.3 cm³/mol. The van der Waals surface area contributed by atoms with E-state index in [1.165, 1.54) is 0 Å². The number of pyridine rings is 1. The Morgan fingerprint density at radius 3 is 3.07 bits per heavy atom. The molecule has 4 heteroatoms. The van der Waals surface area contributed by atoms with Crippen molar-refractivity contribution in [3.8, 4) is 5.75 Å². The van der Waals surface area contributed by atoms with Gasteiger partial charge in [0, 0.05) is 18.7 Å². The Balaban J connectivity index is 1.98. The van der Waals surface area contributed by atoms with Crippen LogP contribution in [0.15, 0.2) is 23.4 Å². The number of nitrogens with zero attached hydrogens (tertiary/aromatic N) is 1. The maximum absolute atomic E-state index is 9.38. The van der Waals surface area contributed by atoms with E-state index in [-0.39, 0.29) is 12.2 Å². The average molecular weight is 225 g/mol. The normalized spacial score (nSPS) is 25.5. The molecule has 0 aromatic carbocycles. The van der Waals surface area contributed by atoms with Gasteiger partial charge in [-0.2, -0.15) is 0 Å². The molecule has 1 aromatic heterocycles. The fraction of sp³-hybridized carbons (Fsp3) is 0.545. The van der Waals surface area contributed by atoms with Gasteiger partial charge in [0.05, 0.1) is 11.1 Å². The maximum Gasteiger partial charge on any atom is 0.123 e. The Labute approximate surface area is 93.9 Å². The highest BCUT2D eigenvalue weighted by Crippen LogP contribution is 2.25. The summed E-state index contributed by atoms with van der Waals surface area (Å²) in [5, 5.41) is 10.3. The number of hydrogen-bond donors (Lipinski definition) is 1. The van der Waals surface area contributed by atoms with Gasteiger partial charge in [0.15, 0.2) is 0 Å². The Kier molecular flexibility index (Phi) is 3.49. The maximum atomic E-state index is 9.38. The van der Waals surface area contributed by atoms with Crippen molar-refractivity contribution < 1.29 is 9.84 Å². The summed E-state index contributed by atoms with van der Waals surface area (Å²) in [5.74, 6) is 0.855. The standard InChI is InChI=1S/C11H15NO2S/c1-15-11-7-10(4-5-12-11)14-9-3-2-8(13)6-9/h4-5,7-9,13H,2-3,6H2,1H3. The molecule has 2 rings (SSSR count). The Bertz CT molecular complexity index is 332. The van der Waals surface area contributed by atoms with E-state index in [1.54, 1.807) is 18.0 Å². The largest absolute Gasteiger partial charge is 0.490 e. The smallest absolute Gasteiger partial charge is 0.123 e. The second kappa shape index (κ2) is 4.86. The molecule has 15 heavy (non-hydrogen) atoms. The van der Waals surface area contributed by atoms with Crippen LogP contribution in [-0.2, 0) is 0 Å². The highest BCUT2D eigenvalue weighted by atomic mass is 32.2. The third-order valence-corrected chi connectivity index (χ3v) is 3.22. The van der Waals surface area contributed by atoms with E-state index in [9.17, 15) is 5.11 Å². The number of aromatic nitrogens is 1. The Morgan fingerprint density at radius 1 is 1.53 bits per heavy atom. The summed E-state index contributed by atoms with van der Waals surface area (Å²) in [6.45, 7) is 0. The molecular formula is C11H15NO2S. The van der Waals surface area contributed by atoms with Gasteiger partial charge in [0.25, 0.3) is 0 Å². The van der Waals surface area contributed by atoms with Gasteiger partial charge < -0.3 is 9.84 Å². The molecule has 1 N–H and O–H groups in total. The van der Waals surface area contributed by atoms with Gasteiger partial charge in [0.2, 0.25) is 0 Å². The molecule has 0 amide bonds. The van der Waals surface area contributed by atoms with Crippen LogP contribution in [0, 0.1) is 0 Å². The second-order valence-corrected chi connectivity index (χ2v) is 4.57. The number of aliphatic hydroxyl groups excluding tert-OH is 1. The molecule has 0 radical (unpaired) electrons. The lowest BCUT2D eigenvalue weighted by Crippen LogP contribution is -2.13. The minimum atomic E-state index is -0.183. The molecule has 1 aromatic rings. The number of ether oxygens (including phenoxy) is 1. The van der Waals surface area contributed by atoms with Crippen LogP contribution >= 0.6 is 11.8 Å². The predicted octanol–water partition coefficient (Wildman–Crippen LogP) is 2.10. The molecule has 0 spiro atoms. The lowest BCUT2D eigenvalue weighted by Gasteiger charge is -2.13. The third-order valence-electron chi connectivity index (χ3n) is 2.58. The van der Waals surface area contributed by atoms with Crippen LogP contribution in [0.1, 0.15) is 19.3 Å². The van der Waals surface area contributed by atoms with Crippen molar-refractivity contribution >= 4 is 11.8 Å². The van der Waals surface area contributed by atoms with Crippen LogP contribution in [0.5, 0.6) is 5.75 Å². The quantitative estimate of drug-likeness (QED) is 0.800. The van der Waals surface area contributed by atoms with E-state index in [0.29, 0.717) is 0 Å². The average Bonchev–Trinajstić information content (AvgIpc) is 2.64. The molecule has 0 aliphatic heterocycles. The molecule has 1 aliphatic rings. The van der Waals surface area contributed by atoms with Crippen molar-refractivity contribution in [1.29, 1.82) is 0 Å². The fourth-order valence-corrected chi connectivity index (χ4v) is 2.19. The Hall–Kier alpha value is -0.740. The van der Waals surface area contributed by atoms with E-state index >= 15 is 0 Å². The van der Waals surface area contributed by atoms with Crippen LogP contribution in [0.25, 0.3) is 0 Å². The van der Waals surface area contributed by atoms with Crippen LogP contribution in [-0.4, -0.2) is 28.6 Å². The highest BCUT2D eigenvalue weighted by Gasteiger charge is 2.24. The van der Waals surface area contributed by atoms with E-state index in [1.807, 2.05) is 18.4 Å². The van der Waals surface area contributed by atoms with Crippen LogP contribution in [0.3, 0.4) is 0 Å². The van der Waals surface area contributed by atoms with Gasteiger partial charge >= 0.3 is 0 Å².